The molecule has 3 rings (SSSR count). The lowest BCUT2D eigenvalue weighted by Crippen LogP contribution is -2.02. The van der Waals surface area contributed by atoms with Gasteiger partial charge in [0.1, 0.15) is 0 Å². The van der Waals surface area contributed by atoms with Crippen LogP contribution in [-0.2, 0) is 6.54 Å². The number of hydrogen-bond donors (Lipinski definition) is 1. The maximum Gasteiger partial charge on any atom is 0.194 e. The molecule has 0 fully saturated rings. The number of methoxy groups -OCH3 is 1. The van der Waals surface area contributed by atoms with Crippen LogP contribution < -0.4 is 4.74 Å². The number of nitrogens with zero attached hydrogens (tertiary/aromatic N) is 1. The van der Waals surface area contributed by atoms with E-state index in [4.69, 9.17) is 4.74 Å². The molecule has 0 atom stereocenters. The van der Waals surface area contributed by atoms with Crippen molar-refractivity contribution < 1.29 is 4.74 Å². The van der Waals surface area contributed by atoms with Crippen molar-refractivity contribution in [2.75, 3.05) is 7.11 Å². The number of nitrogens with one attached hydrogen (secondary N) is 1. The number of aromatic amines is 1. The minimum Gasteiger partial charge on any atom is -0.482 e. The van der Waals surface area contributed by atoms with E-state index < -0.39 is 0 Å². The van der Waals surface area contributed by atoms with Crippen LogP contribution in [0.4, 0.5) is 0 Å². The average Bonchev–Trinajstić information content (AvgIpc) is 3.15. The predicted molar refractivity (Wildman–Crippen MR) is 86.5 cm³/mol. The molecular weight excluding hydrogens is 260 g/mol. The Morgan fingerprint density at radius 3 is 2.52 bits per heavy atom. The lowest BCUT2D eigenvalue weighted by atomic mass is 10.0. The van der Waals surface area contributed by atoms with Crippen LogP contribution in [0.2, 0.25) is 0 Å². The Morgan fingerprint density at radius 1 is 1.10 bits per heavy atom. The molecule has 0 bridgehead atoms. The van der Waals surface area contributed by atoms with Crippen molar-refractivity contribution in [3.05, 3.63) is 54.7 Å². The van der Waals surface area contributed by atoms with Crippen molar-refractivity contribution in [1.82, 2.24) is 9.55 Å². The zero-order chi connectivity index (χ0) is 14.7. The molecule has 0 saturated heterocycles. The average molecular weight is 280 g/mol. The minimum atomic E-state index is 0.903. The van der Waals surface area contributed by atoms with Gasteiger partial charge in [-0.3, -0.25) is 0 Å². The molecule has 0 aliphatic carbocycles. The molecule has 2 heterocycles. The summed E-state index contributed by atoms with van der Waals surface area (Å²) in [5.74, 6) is 0.903. The third-order valence-electron chi connectivity index (χ3n) is 3.65. The van der Waals surface area contributed by atoms with Crippen LogP contribution in [-0.4, -0.2) is 16.7 Å². The first-order chi connectivity index (χ1) is 10.3. The molecule has 0 radical (unpaired) electrons. The summed E-state index contributed by atoms with van der Waals surface area (Å²) >= 11 is 0. The van der Waals surface area contributed by atoms with Crippen molar-refractivity contribution in [2.24, 2.45) is 0 Å². The van der Waals surface area contributed by atoms with Gasteiger partial charge in [-0.2, -0.15) is 0 Å². The Balaban J connectivity index is 2.24. The van der Waals surface area contributed by atoms with Gasteiger partial charge in [0, 0.05) is 24.4 Å². The van der Waals surface area contributed by atoms with Crippen LogP contribution in [0.1, 0.15) is 13.3 Å². The lowest BCUT2D eigenvalue weighted by molar-refractivity contribution is 0.372. The summed E-state index contributed by atoms with van der Waals surface area (Å²) in [6, 6.07) is 16.7. The fraction of sp³-hybridized carbons (Fsp3) is 0.222. The van der Waals surface area contributed by atoms with Crippen LogP contribution in [0.15, 0.2) is 54.7 Å². The van der Waals surface area contributed by atoms with Gasteiger partial charge < -0.3 is 14.3 Å². The molecule has 1 N–H and O–H groups in total. The quantitative estimate of drug-likeness (QED) is 0.729. The number of benzene rings is 1. The number of hydrogen-bond acceptors (Lipinski definition) is 1. The van der Waals surface area contributed by atoms with E-state index in [0.717, 1.165) is 24.5 Å². The first-order valence-electron chi connectivity index (χ1n) is 7.31. The molecule has 3 aromatic rings. The second-order valence-corrected chi connectivity index (χ2v) is 5.05. The maximum absolute atomic E-state index is 5.59. The van der Waals surface area contributed by atoms with Crippen molar-refractivity contribution in [3.8, 4) is 28.4 Å². The van der Waals surface area contributed by atoms with E-state index >= 15 is 0 Å². The van der Waals surface area contributed by atoms with Crippen molar-refractivity contribution in [1.29, 1.82) is 0 Å². The number of rotatable bonds is 5. The monoisotopic (exact) mass is 280 g/mol. The molecule has 3 heteroatoms. The Morgan fingerprint density at radius 2 is 1.90 bits per heavy atom. The van der Waals surface area contributed by atoms with E-state index in [0.29, 0.717) is 0 Å². The lowest BCUT2D eigenvalue weighted by Gasteiger charge is -2.12. The largest absolute Gasteiger partial charge is 0.482 e. The van der Waals surface area contributed by atoms with Gasteiger partial charge in [-0.25, -0.2) is 0 Å². The highest BCUT2D eigenvalue weighted by atomic mass is 16.5. The van der Waals surface area contributed by atoms with Gasteiger partial charge in [0.05, 0.1) is 18.5 Å². The van der Waals surface area contributed by atoms with E-state index in [2.05, 4.69) is 52.9 Å². The van der Waals surface area contributed by atoms with E-state index in [-0.39, 0.29) is 0 Å². The summed E-state index contributed by atoms with van der Waals surface area (Å²) in [5.41, 5.74) is 4.70. The summed E-state index contributed by atoms with van der Waals surface area (Å²) < 4.78 is 7.83. The molecule has 3 nitrogen and oxygen atoms in total. The number of H-pyrrole nitrogens is 1. The van der Waals surface area contributed by atoms with Crippen LogP contribution in [0.5, 0.6) is 5.88 Å². The normalized spacial score (nSPS) is 10.8. The van der Waals surface area contributed by atoms with Gasteiger partial charge in [-0.15, -0.1) is 0 Å². The van der Waals surface area contributed by atoms with Gasteiger partial charge >= 0.3 is 0 Å². The van der Waals surface area contributed by atoms with Crippen molar-refractivity contribution in [3.63, 3.8) is 0 Å². The van der Waals surface area contributed by atoms with E-state index in [1.165, 1.54) is 16.8 Å². The molecule has 0 spiro atoms. The molecule has 0 unspecified atom stereocenters. The fourth-order valence-corrected chi connectivity index (χ4v) is 2.75. The second-order valence-electron chi connectivity index (χ2n) is 5.05. The topological polar surface area (TPSA) is 29.9 Å². The van der Waals surface area contributed by atoms with Gasteiger partial charge in [0.15, 0.2) is 5.88 Å². The van der Waals surface area contributed by atoms with Gasteiger partial charge in [-0.05, 0) is 24.1 Å². The molecule has 0 amide bonds. The smallest absolute Gasteiger partial charge is 0.194 e. The zero-order valence-electron chi connectivity index (χ0n) is 12.5. The predicted octanol–water partition coefficient (Wildman–Crippen LogP) is 4.57. The fourth-order valence-electron chi connectivity index (χ4n) is 2.75. The molecule has 0 saturated carbocycles. The second kappa shape index (κ2) is 5.92. The van der Waals surface area contributed by atoms with Crippen LogP contribution in [0, 0.1) is 0 Å². The summed E-state index contributed by atoms with van der Waals surface area (Å²) in [7, 11) is 1.73. The molecule has 0 aliphatic rings. The van der Waals surface area contributed by atoms with Crippen molar-refractivity contribution >= 4 is 0 Å². The van der Waals surface area contributed by atoms with Crippen molar-refractivity contribution in [2.45, 2.75) is 19.9 Å². The first-order valence-corrected chi connectivity index (χ1v) is 7.31. The van der Waals surface area contributed by atoms with E-state index in [1.807, 2.05) is 18.3 Å². The Labute approximate surface area is 125 Å². The number of ether oxygens (including phenoxy) is 1. The molecular formula is C18H20N2O. The Bertz CT molecular complexity index is 696. The summed E-state index contributed by atoms with van der Waals surface area (Å²) in [6.45, 7) is 3.12. The van der Waals surface area contributed by atoms with Crippen LogP contribution in [0.25, 0.3) is 22.5 Å². The Kier molecular flexibility index (Phi) is 3.82. The highest BCUT2D eigenvalue weighted by Gasteiger charge is 2.18. The molecule has 21 heavy (non-hydrogen) atoms. The zero-order valence-corrected chi connectivity index (χ0v) is 12.5. The van der Waals surface area contributed by atoms with Gasteiger partial charge in [0.25, 0.3) is 0 Å². The highest BCUT2D eigenvalue weighted by molar-refractivity contribution is 5.82. The summed E-state index contributed by atoms with van der Waals surface area (Å²) in [5, 5.41) is 0. The van der Waals surface area contributed by atoms with E-state index in [9.17, 15) is 0 Å². The standard InChI is InChI=1S/C18H20N2O/c1-3-12-20-17(21-2)13-15(14-8-5-4-6-9-14)18(20)16-10-7-11-19-16/h4-11,13,19H,3,12H2,1-2H3. The highest BCUT2D eigenvalue weighted by Crippen LogP contribution is 2.37. The Hall–Kier alpha value is -2.42. The third-order valence-corrected chi connectivity index (χ3v) is 3.65. The SMILES string of the molecule is CCCn1c(OC)cc(-c2ccccc2)c1-c1ccc[nH]1. The number of aromatic nitrogens is 2. The van der Waals surface area contributed by atoms with Crippen LogP contribution in [0.3, 0.4) is 0 Å². The maximum atomic E-state index is 5.59. The third kappa shape index (κ3) is 2.47. The van der Waals surface area contributed by atoms with E-state index in [1.54, 1.807) is 7.11 Å². The van der Waals surface area contributed by atoms with Gasteiger partial charge in [-0.1, -0.05) is 37.3 Å². The summed E-state index contributed by atoms with van der Waals surface area (Å²) in [6.07, 6.45) is 3.02. The molecule has 108 valence electrons. The van der Waals surface area contributed by atoms with Crippen LogP contribution >= 0.6 is 0 Å². The minimum absolute atomic E-state index is 0.903. The molecule has 2 aromatic heterocycles. The van der Waals surface area contributed by atoms with Gasteiger partial charge in [0.2, 0.25) is 0 Å². The molecule has 1 aromatic carbocycles. The summed E-state index contributed by atoms with van der Waals surface area (Å²) in [4.78, 5) is 3.32. The molecule has 0 aliphatic heterocycles. The first kappa shape index (κ1) is 13.6.